The summed E-state index contributed by atoms with van der Waals surface area (Å²) in [5.74, 6) is -1.13. The van der Waals surface area contributed by atoms with Crippen LogP contribution in [-0.2, 0) is 16.6 Å². The molecule has 0 amide bonds. The Morgan fingerprint density at radius 2 is 2.14 bits per heavy atom. The lowest BCUT2D eigenvalue weighted by atomic mass is 10.1. The summed E-state index contributed by atoms with van der Waals surface area (Å²) in [6.07, 6.45) is 0. The van der Waals surface area contributed by atoms with Crippen LogP contribution in [0.3, 0.4) is 0 Å². The normalized spacial score (nSPS) is 17.7. The molecule has 1 aromatic carbocycles. The fraction of sp³-hybridized carbons (Fsp3) is 0.125. The molecule has 0 saturated carbocycles. The van der Waals surface area contributed by atoms with Crippen LogP contribution < -0.4 is 4.72 Å². The van der Waals surface area contributed by atoms with Crippen molar-refractivity contribution in [1.29, 1.82) is 0 Å². The van der Waals surface area contributed by atoms with E-state index in [0.717, 1.165) is 0 Å². The number of carboxylic acids is 1. The van der Waals surface area contributed by atoms with Gasteiger partial charge in [-0.15, -0.1) is 0 Å². The maximum absolute atomic E-state index is 11.3. The first-order valence-corrected chi connectivity index (χ1v) is 5.35. The molecular weight excluding hydrogens is 206 g/mol. The molecule has 0 atom stereocenters. The molecule has 2 rings (SSSR count). The van der Waals surface area contributed by atoms with Gasteiger partial charge in [0.1, 0.15) is 0 Å². The summed E-state index contributed by atoms with van der Waals surface area (Å²) in [7, 11) is -3.47. The van der Waals surface area contributed by atoms with Gasteiger partial charge in [-0.25, -0.2) is 17.9 Å². The van der Waals surface area contributed by atoms with Crippen LogP contribution >= 0.6 is 0 Å². The van der Waals surface area contributed by atoms with E-state index in [1.807, 2.05) is 0 Å². The average Bonchev–Trinajstić information content (AvgIpc) is 2.42. The van der Waals surface area contributed by atoms with Gasteiger partial charge in [0, 0.05) is 6.54 Å². The number of benzene rings is 1. The molecular formula is C8H7NO4S. The third kappa shape index (κ3) is 1.28. The number of fused-ring (bicyclic) bond motifs is 1. The van der Waals surface area contributed by atoms with Crippen molar-refractivity contribution < 1.29 is 18.3 Å². The first-order valence-electron chi connectivity index (χ1n) is 3.86. The van der Waals surface area contributed by atoms with Gasteiger partial charge in [-0.2, -0.15) is 0 Å². The molecule has 5 nitrogen and oxygen atoms in total. The summed E-state index contributed by atoms with van der Waals surface area (Å²) in [5, 5.41) is 8.67. The smallest absolute Gasteiger partial charge is 0.335 e. The van der Waals surface area contributed by atoms with E-state index in [9.17, 15) is 13.2 Å². The van der Waals surface area contributed by atoms with Gasteiger partial charge in [-0.1, -0.05) is 6.07 Å². The fourth-order valence-corrected chi connectivity index (χ4v) is 2.60. The first kappa shape index (κ1) is 9.17. The number of nitrogens with one attached hydrogen (secondary N) is 1. The Morgan fingerprint density at radius 3 is 2.79 bits per heavy atom. The second kappa shape index (κ2) is 2.79. The molecule has 6 heteroatoms. The van der Waals surface area contributed by atoms with E-state index in [-0.39, 0.29) is 17.0 Å². The zero-order chi connectivity index (χ0) is 10.3. The topological polar surface area (TPSA) is 83.5 Å². The van der Waals surface area contributed by atoms with Crippen molar-refractivity contribution in [2.24, 2.45) is 0 Å². The molecule has 1 aliphatic rings. The number of hydrogen-bond acceptors (Lipinski definition) is 3. The van der Waals surface area contributed by atoms with E-state index >= 15 is 0 Å². The van der Waals surface area contributed by atoms with Gasteiger partial charge in [-0.3, -0.25) is 0 Å². The Bertz CT molecular complexity index is 506. The molecule has 0 unspecified atom stereocenters. The van der Waals surface area contributed by atoms with Gasteiger partial charge < -0.3 is 5.11 Å². The quantitative estimate of drug-likeness (QED) is 0.696. The summed E-state index contributed by atoms with van der Waals surface area (Å²) in [5.41, 5.74) is 0.589. The minimum Gasteiger partial charge on any atom is -0.478 e. The Labute approximate surface area is 80.4 Å². The molecule has 0 radical (unpaired) electrons. The summed E-state index contributed by atoms with van der Waals surface area (Å²) in [6, 6.07) is 4.08. The lowest BCUT2D eigenvalue weighted by Gasteiger charge is -1.98. The number of aromatic carboxylic acids is 1. The summed E-state index contributed by atoms with van der Waals surface area (Å²) in [6.45, 7) is 0.234. The third-order valence-corrected chi connectivity index (χ3v) is 3.54. The molecule has 0 bridgehead atoms. The van der Waals surface area contributed by atoms with Gasteiger partial charge in [0.05, 0.1) is 10.5 Å². The number of carboxylic acid groups (broad SMARTS) is 1. The van der Waals surface area contributed by atoms with Crippen molar-refractivity contribution in [1.82, 2.24) is 4.72 Å². The third-order valence-electron chi connectivity index (χ3n) is 2.06. The Morgan fingerprint density at radius 1 is 1.43 bits per heavy atom. The van der Waals surface area contributed by atoms with Crippen LogP contribution in [0.2, 0.25) is 0 Å². The molecule has 2 N–H and O–H groups in total. The van der Waals surface area contributed by atoms with Crippen molar-refractivity contribution >= 4 is 16.0 Å². The molecule has 0 aliphatic carbocycles. The van der Waals surface area contributed by atoms with Crippen molar-refractivity contribution in [3.05, 3.63) is 29.3 Å². The van der Waals surface area contributed by atoms with Crippen LogP contribution in [0.25, 0.3) is 0 Å². The van der Waals surface area contributed by atoms with Crippen LogP contribution in [0, 0.1) is 0 Å². The van der Waals surface area contributed by atoms with Crippen molar-refractivity contribution in [3.8, 4) is 0 Å². The van der Waals surface area contributed by atoms with E-state index in [0.29, 0.717) is 5.56 Å². The van der Waals surface area contributed by atoms with Crippen molar-refractivity contribution in [2.45, 2.75) is 11.4 Å². The summed E-state index contributed by atoms with van der Waals surface area (Å²) >= 11 is 0. The Kier molecular flexibility index (Phi) is 1.83. The van der Waals surface area contributed by atoms with E-state index in [1.54, 1.807) is 0 Å². The van der Waals surface area contributed by atoms with E-state index in [2.05, 4.69) is 4.72 Å². The van der Waals surface area contributed by atoms with Crippen LogP contribution in [0.4, 0.5) is 0 Å². The van der Waals surface area contributed by atoms with Crippen molar-refractivity contribution in [2.75, 3.05) is 0 Å². The average molecular weight is 213 g/mol. The van der Waals surface area contributed by atoms with Crippen LogP contribution in [0.1, 0.15) is 15.9 Å². The first-order chi connectivity index (χ1) is 6.50. The number of hydrogen-bond donors (Lipinski definition) is 2. The summed E-state index contributed by atoms with van der Waals surface area (Å²) < 4.78 is 25.0. The second-order valence-corrected chi connectivity index (χ2v) is 4.69. The standard InChI is InChI=1S/C8H7NO4S/c10-8(11)5-1-2-6-4-9-14(12,13)7(6)3-5/h1-3,9H,4H2,(H,10,11). The SMILES string of the molecule is O=C(O)c1ccc2c(c1)S(=O)(=O)NC2. The maximum Gasteiger partial charge on any atom is 0.335 e. The molecule has 74 valence electrons. The highest BCUT2D eigenvalue weighted by atomic mass is 32.2. The molecule has 0 aromatic heterocycles. The van der Waals surface area contributed by atoms with Gasteiger partial charge in [0.25, 0.3) is 0 Å². The molecule has 0 spiro atoms. The molecule has 14 heavy (non-hydrogen) atoms. The highest BCUT2D eigenvalue weighted by molar-refractivity contribution is 7.89. The van der Waals surface area contributed by atoms with E-state index < -0.39 is 16.0 Å². The molecule has 1 aromatic rings. The van der Waals surface area contributed by atoms with E-state index in [4.69, 9.17) is 5.11 Å². The minimum absolute atomic E-state index is 0.0176. The zero-order valence-corrected chi connectivity index (χ0v) is 7.84. The summed E-state index contributed by atoms with van der Waals surface area (Å²) in [4.78, 5) is 10.7. The molecule has 1 heterocycles. The van der Waals surface area contributed by atoms with Crippen molar-refractivity contribution in [3.63, 3.8) is 0 Å². The Balaban J connectivity index is 2.65. The molecule has 0 fully saturated rings. The molecule has 1 aliphatic heterocycles. The maximum atomic E-state index is 11.3. The number of rotatable bonds is 1. The van der Waals surface area contributed by atoms with Gasteiger partial charge in [-0.05, 0) is 17.7 Å². The fourth-order valence-electron chi connectivity index (χ4n) is 1.33. The lowest BCUT2D eigenvalue weighted by molar-refractivity contribution is 0.0696. The Hall–Kier alpha value is -1.40. The predicted octanol–water partition coefficient (Wildman–Crippen LogP) is 0.177. The van der Waals surface area contributed by atoms with Gasteiger partial charge in [0.15, 0.2) is 0 Å². The molecule has 0 saturated heterocycles. The van der Waals surface area contributed by atoms with Crippen LogP contribution in [-0.4, -0.2) is 19.5 Å². The predicted molar refractivity (Wildman–Crippen MR) is 47.4 cm³/mol. The number of carbonyl (C=O) groups is 1. The highest BCUT2D eigenvalue weighted by Gasteiger charge is 2.26. The number of sulfonamides is 1. The lowest BCUT2D eigenvalue weighted by Crippen LogP contribution is -2.14. The highest BCUT2D eigenvalue weighted by Crippen LogP contribution is 2.23. The monoisotopic (exact) mass is 213 g/mol. The van der Waals surface area contributed by atoms with Crippen LogP contribution in [0.15, 0.2) is 23.1 Å². The van der Waals surface area contributed by atoms with Gasteiger partial charge in [0.2, 0.25) is 10.0 Å². The van der Waals surface area contributed by atoms with Gasteiger partial charge >= 0.3 is 5.97 Å². The van der Waals surface area contributed by atoms with Crippen LogP contribution in [0.5, 0.6) is 0 Å². The zero-order valence-electron chi connectivity index (χ0n) is 7.02. The largest absolute Gasteiger partial charge is 0.478 e. The van der Waals surface area contributed by atoms with E-state index in [1.165, 1.54) is 18.2 Å². The second-order valence-electron chi connectivity index (χ2n) is 2.95. The minimum atomic E-state index is -3.47.